The van der Waals surface area contributed by atoms with Crippen LogP contribution < -0.4 is 4.74 Å². The second-order valence-corrected chi connectivity index (χ2v) is 11.3. The van der Waals surface area contributed by atoms with Gasteiger partial charge in [-0.05, 0) is 57.1 Å². The third-order valence-electron chi connectivity index (χ3n) is 6.38. The Hall–Kier alpha value is -3.36. The second kappa shape index (κ2) is 10.8. The van der Waals surface area contributed by atoms with Gasteiger partial charge in [0.05, 0.1) is 0 Å². The molecule has 5 heteroatoms. The predicted molar refractivity (Wildman–Crippen MR) is 150 cm³/mol. The topological polar surface area (TPSA) is 47.9 Å². The van der Waals surface area contributed by atoms with Gasteiger partial charge in [-0.1, -0.05) is 88.9 Å². The van der Waals surface area contributed by atoms with Gasteiger partial charge in [-0.15, -0.1) is 23.8 Å². The molecule has 4 nitrogen and oxygen atoms in total. The largest absolute Gasteiger partial charge is 2.00 e. The Kier molecular flexibility index (Phi) is 7.85. The number of rotatable bonds is 4. The number of fused-ring (bicyclic) bond motifs is 1. The summed E-state index contributed by atoms with van der Waals surface area (Å²) in [5.74, 6) is 1.19. The van der Waals surface area contributed by atoms with E-state index in [1.54, 1.807) is 6.20 Å². The first kappa shape index (κ1) is 27.7. The van der Waals surface area contributed by atoms with Crippen molar-refractivity contribution in [2.75, 3.05) is 0 Å². The van der Waals surface area contributed by atoms with Gasteiger partial charge in [-0.25, -0.2) is 0 Å². The molecule has 3 heterocycles. The molecule has 5 rings (SSSR count). The summed E-state index contributed by atoms with van der Waals surface area (Å²) in [6, 6.07) is 27.0. The van der Waals surface area contributed by atoms with Crippen LogP contribution in [-0.4, -0.2) is 15.0 Å². The number of aromatic nitrogens is 3. The zero-order valence-electron chi connectivity index (χ0n) is 22.6. The van der Waals surface area contributed by atoms with Crippen LogP contribution in [0.15, 0.2) is 79.3 Å². The van der Waals surface area contributed by atoms with Gasteiger partial charge in [0.25, 0.3) is 0 Å². The standard InChI is InChI=1S/C33H31N3O.Pt/c1-32(2,3)24-12-15-34-29(19-24)22-9-7-11-26(17-22)37-27-18-23-10-8-14-36-31(23)28(21-27)30-20-25(13-16-35-30)33(4,5)6;/h7-16,18-20H,1-6H3;/q-2;+2. The summed E-state index contributed by atoms with van der Waals surface area (Å²) in [4.78, 5) is 13.9. The molecule has 0 saturated heterocycles. The van der Waals surface area contributed by atoms with Crippen molar-refractivity contribution in [1.82, 2.24) is 15.0 Å². The number of ether oxygens (including phenoxy) is 1. The predicted octanol–water partition coefficient (Wildman–Crippen LogP) is 8.34. The molecule has 0 radical (unpaired) electrons. The maximum atomic E-state index is 6.31. The van der Waals surface area contributed by atoms with Gasteiger partial charge in [0.15, 0.2) is 0 Å². The van der Waals surface area contributed by atoms with Gasteiger partial charge < -0.3 is 19.7 Å². The molecule has 2 aromatic carbocycles. The summed E-state index contributed by atoms with van der Waals surface area (Å²) in [6.45, 7) is 13.2. The van der Waals surface area contributed by atoms with Crippen molar-refractivity contribution >= 4 is 10.9 Å². The minimum Gasteiger partial charge on any atom is -0.497 e. The molecule has 38 heavy (non-hydrogen) atoms. The molecule has 0 atom stereocenters. The molecule has 0 bridgehead atoms. The van der Waals surface area contributed by atoms with Gasteiger partial charge in [0.1, 0.15) is 0 Å². The van der Waals surface area contributed by atoms with Crippen LogP contribution in [0.2, 0.25) is 0 Å². The van der Waals surface area contributed by atoms with Crippen LogP contribution in [0, 0.1) is 12.1 Å². The molecule has 0 saturated carbocycles. The van der Waals surface area contributed by atoms with Crippen LogP contribution >= 0.6 is 0 Å². The van der Waals surface area contributed by atoms with Crippen molar-refractivity contribution in [1.29, 1.82) is 0 Å². The van der Waals surface area contributed by atoms with E-state index in [1.165, 1.54) is 11.1 Å². The maximum Gasteiger partial charge on any atom is 2.00 e. The monoisotopic (exact) mass is 680 g/mol. The van der Waals surface area contributed by atoms with Crippen LogP contribution in [0.3, 0.4) is 0 Å². The second-order valence-electron chi connectivity index (χ2n) is 11.3. The fourth-order valence-corrected chi connectivity index (χ4v) is 4.20. The van der Waals surface area contributed by atoms with E-state index < -0.39 is 0 Å². The normalized spacial score (nSPS) is 11.7. The smallest absolute Gasteiger partial charge is 0.497 e. The van der Waals surface area contributed by atoms with Crippen LogP contribution in [-0.2, 0) is 31.9 Å². The Bertz CT molecular complexity index is 1580. The molecule has 0 aliphatic carbocycles. The summed E-state index contributed by atoms with van der Waals surface area (Å²) < 4.78 is 6.31. The molecule has 0 aliphatic rings. The number of nitrogens with zero attached hydrogens (tertiary/aromatic N) is 3. The molecule has 0 aliphatic heterocycles. The summed E-state index contributed by atoms with van der Waals surface area (Å²) in [5, 5.41) is 0.963. The Balaban J connectivity index is 0.00000336. The van der Waals surface area contributed by atoms with Gasteiger partial charge in [0.2, 0.25) is 0 Å². The molecular weight excluding hydrogens is 649 g/mol. The third kappa shape index (κ3) is 6.02. The molecule has 0 unspecified atom stereocenters. The fourth-order valence-electron chi connectivity index (χ4n) is 4.20. The zero-order chi connectivity index (χ0) is 26.2. The SMILES string of the molecule is CC(C)(C)c1ccnc(-c2[c-]c(Oc3[c-]c(-c4cc(C(C)(C)C)ccn4)c4ncccc4c3)ccc2)c1.[Pt+2]. The first-order chi connectivity index (χ1) is 17.6. The van der Waals surface area contributed by atoms with E-state index in [2.05, 4.69) is 92.9 Å². The Morgan fingerprint density at radius 3 is 1.97 bits per heavy atom. The maximum absolute atomic E-state index is 6.31. The third-order valence-corrected chi connectivity index (χ3v) is 6.38. The molecule has 0 N–H and O–H groups in total. The van der Waals surface area contributed by atoms with E-state index in [-0.39, 0.29) is 31.9 Å². The molecule has 5 aromatic rings. The fraction of sp³-hybridized carbons (Fsp3) is 0.242. The molecule has 0 amide bonds. The van der Waals surface area contributed by atoms with Gasteiger partial charge in [-0.3, -0.25) is 0 Å². The minimum absolute atomic E-state index is 0. The number of hydrogen-bond acceptors (Lipinski definition) is 4. The summed E-state index contributed by atoms with van der Waals surface area (Å²) >= 11 is 0. The van der Waals surface area contributed by atoms with Crippen LogP contribution in [0.5, 0.6) is 11.5 Å². The Labute approximate surface area is 239 Å². The van der Waals surface area contributed by atoms with E-state index in [1.807, 2.05) is 48.8 Å². The summed E-state index contributed by atoms with van der Waals surface area (Å²) in [6.07, 6.45) is 5.50. The quantitative estimate of drug-likeness (QED) is 0.179. The first-order valence-corrected chi connectivity index (χ1v) is 12.5. The molecule has 194 valence electrons. The van der Waals surface area contributed by atoms with Crippen molar-refractivity contribution < 1.29 is 25.8 Å². The average Bonchev–Trinajstić information content (AvgIpc) is 2.87. The molecule has 0 fully saturated rings. The summed E-state index contributed by atoms with van der Waals surface area (Å²) in [7, 11) is 0. The number of hydrogen-bond donors (Lipinski definition) is 0. The van der Waals surface area contributed by atoms with E-state index in [9.17, 15) is 0 Å². The van der Waals surface area contributed by atoms with Crippen molar-refractivity contribution in [3.05, 3.63) is 103 Å². The molecule has 0 spiro atoms. The van der Waals surface area contributed by atoms with Crippen LogP contribution in [0.25, 0.3) is 33.4 Å². The van der Waals surface area contributed by atoms with Crippen molar-refractivity contribution in [3.8, 4) is 34.0 Å². The molecular formula is C33H31N3OPt. The van der Waals surface area contributed by atoms with E-state index in [4.69, 9.17) is 4.74 Å². The average molecular weight is 681 g/mol. The van der Waals surface area contributed by atoms with Crippen molar-refractivity contribution in [2.24, 2.45) is 0 Å². The van der Waals surface area contributed by atoms with E-state index in [0.29, 0.717) is 11.5 Å². The van der Waals surface area contributed by atoms with Gasteiger partial charge >= 0.3 is 21.1 Å². The van der Waals surface area contributed by atoms with E-state index >= 15 is 0 Å². The Morgan fingerprint density at radius 2 is 1.29 bits per heavy atom. The summed E-state index contributed by atoms with van der Waals surface area (Å²) in [5.41, 5.74) is 6.69. The zero-order valence-corrected chi connectivity index (χ0v) is 24.8. The minimum atomic E-state index is 0. The van der Waals surface area contributed by atoms with Gasteiger partial charge in [0, 0.05) is 30.1 Å². The van der Waals surface area contributed by atoms with Gasteiger partial charge in [-0.2, -0.15) is 0 Å². The van der Waals surface area contributed by atoms with Crippen LogP contribution in [0.1, 0.15) is 52.7 Å². The van der Waals surface area contributed by atoms with E-state index in [0.717, 1.165) is 33.4 Å². The molecule has 3 aromatic heterocycles. The van der Waals surface area contributed by atoms with Crippen LogP contribution in [0.4, 0.5) is 0 Å². The Morgan fingerprint density at radius 1 is 0.632 bits per heavy atom. The number of pyridine rings is 3. The van der Waals surface area contributed by atoms with Crippen molar-refractivity contribution in [3.63, 3.8) is 0 Å². The number of benzene rings is 2. The first-order valence-electron chi connectivity index (χ1n) is 12.5. The van der Waals surface area contributed by atoms with Crippen molar-refractivity contribution in [2.45, 2.75) is 52.4 Å².